The number of nitrogens with zero attached hydrogens (tertiary/aromatic N) is 3. The molecule has 3 heterocycles. The van der Waals surface area contributed by atoms with Crippen LogP contribution in [-0.4, -0.2) is 60.7 Å². The monoisotopic (exact) mass is 487 g/mol. The number of carbonyl (C=O) groups excluding carboxylic acids is 1. The number of ether oxygens (including phenoxy) is 2. The van der Waals surface area contributed by atoms with E-state index >= 15 is 0 Å². The highest BCUT2D eigenvalue weighted by Crippen LogP contribution is 2.30. The fourth-order valence-corrected chi connectivity index (χ4v) is 4.30. The number of carbonyl (C=O) groups is 1. The standard InChI is InChI=1S/C27H29N5O4/c1-18-25(26(33)28-2)22-7-6-21(17-23(22)35-18)36-24-8-10-29-27(31-24)30-20-5-3-4-19(16-20)9-11-32-12-14-34-15-13-32/h3-8,10,16-17H,9,11-15H2,1-2H3,(H,28,33)(H,29,30,31). The van der Waals surface area contributed by atoms with Gasteiger partial charge in [-0.2, -0.15) is 4.98 Å². The van der Waals surface area contributed by atoms with Crippen LogP contribution in [0.5, 0.6) is 11.6 Å². The van der Waals surface area contributed by atoms with Gasteiger partial charge in [-0.3, -0.25) is 9.69 Å². The lowest BCUT2D eigenvalue weighted by Gasteiger charge is -2.26. The summed E-state index contributed by atoms with van der Waals surface area (Å²) >= 11 is 0. The first-order valence-corrected chi connectivity index (χ1v) is 12.0. The van der Waals surface area contributed by atoms with E-state index < -0.39 is 0 Å². The molecule has 1 fully saturated rings. The van der Waals surface area contributed by atoms with E-state index in [1.54, 1.807) is 38.4 Å². The maximum atomic E-state index is 12.2. The maximum Gasteiger partial charge on any atom is 0.255 e. The Morgan fingerprint density at radius 2 is 2.00 bits per heavy atom. The van der Waals surface area contributed by atoms with Crippen LogP contribution in [0.25, 0.3) is 11.0 Å². The number of hydrogen-bond acceptors (Lipinski definition) is 8. The van der Waals surface area contributed by atoms with E-state index in [2.05, 4.69) is 37.6 Å². The average Bonchev–Trinajstić information content (AvgIpc) is 3.23. The predicted molar refractivity (Wildman–Crippen MR) is 137 cm³/mol. The Morgan fingerprint density at radius 1 is 1.14 bits per heavy atom. The molecule has 1 saturated heterocycles. The van der Waals surface area contributed by atoms with Gasteiger partial charge in [-0.1, -0.05) is 12.1 Å². The number of hydrogen-bond donors (Lipinski definition) is 2. The van der Waals surface area contributed by atoms with Crippen LogP contribution in [0.2, 0.25) is 0 Å². The Hall–Kier alpha value is -3.95. The minimum Gasteiger partial charge on any atom is -0.460 e. The van der Waals surface area contributed by atoms with Gasteiger partial charge in [-0.25, -0.2) is 4.98 Å². The van der Waals surface area contributed by atoms with Crippen molar-refractivity contribution < 1.29 is 18.7 Å². The van der Waals surface area contributed by atoms with Crippen LogP contribution in [0.3, 0.4) is 0 Å². The predicted octanol–water partition coefficient (Wildman–Crippen LogP) is 4.30. The van der Waals surface area contributed by atoms with Crippen LogP contribution in [-0.2, 0) is 11.2 Å². The number of aromatic nitrogens is 2. The van der Waals surface area contributed by atoms with E-state index in [4.69, 9.17) is 13.9 Å². The second-order valence-electron chi connectivity index (χ2n) is 8.62. The van der Waals surface area contributed by atoms with Crippen LogP contribution < -0.4 is 15.4 Å². The van der Waals surface area contributed by atoms with Crippen LogP contribution in [0.4, 0.5) is 11.6 Å². The van der Waals surface area contributed by atoms with Gasteiger partial charge in [0.2, 0.25) is 11.8 Å². The Morgan fingerprint density at radius 3 is 2.83 bits per heavy atom. The number of rotatable bonds is 8. The highest BCUT2D eigenvalue weighted by Gasteiger charge is 2.18. The molecule has 2 aromatic carbocycles. The summed E-state index contributed by atoms with van der Waals surface area (Å²) in [5.74, 6) is 1.76. The van der Waals surface area contributed by atoms with Gasteiger partial charge in [0.05, 0.1) is 18.8 Å². The molecule has 0 atom stereocenters. The molecule has 0 spiro atoms. The molecule has 1 amide bonds. The highest BCUT2D eigenvalue weighted by atomic mass is 16.5. The first-order valence-electron chi connectivity index (χ1n) is 12.0. The minimum atomic E-state index is -0.184. The van der Waals surface area contributed by atoms with Crippen molar-refractivity contribution in [3.05, 3.63) is 71.6 Å². The number of aryl methyl sites for hydroxylation is 1. The number of anilines is 2. The Bertz CT molecular complexity index is 1360. The van der Waals surface area contributed by atoms with Gasteiger partial charge in [-0.15, -0.1) is 0 Å². The van der Waals surface area contributed by atoms with E-state index in [0.29, 0.717) is 34.5 Å². The number of furan rings is 1. The molecule has 5 rings (SSSR count). The van der Waals surface area contributed by atoms with E-state index in [1.807, 2.05) is 18.2 Å². The zero-order valence-corrected chi connectivity index (χ0v) is 20.4. The molecule has 36 heavy (non-hydrogen) atoms. The summed E-state index contributed by atoms with van der Waals surface area (Å²) in [6.07, 6.45) is 2.61. The van der Waals surface area contributed by atoms with Gasteiger partial charge in [-0.05, 0) is 43.2 Å². The van der Waals surface area contributed by atoms with Gasteiger partial charge in [0.15, 0.2) is 0 Å². The summed E-state index contributed by atoms with van der Waals surface area (Å²) in [4.78, 5) is 23.4. The lowest BCUT2D eigenvalue weighted by atomic mass is 10.1. The molecule has 0 aliphatic carbocycles. The first kappa shape index (κ1) is 23.8. The summed E-state index contributed by atoms with van der Waals surface area (Å²) in [5.41, 5.74) is 3.27. The average molecular weight is 488 g/mol. The van der Waals surface area contributed by atoms with E-state index in [1.165, 1.54) is 5.56 Å². The fraction of sp³-hybridized carbons (Fsp3) is 0.296. The zero-order chi connectivity index (χ0) is 24.9. The van der Waals surface area contributed by atoms with Gasteiger partial charge in [0.1, 0.15) is 17.1 Å². The molecule has 0 radical (unpaired) electrons. The maximum absolute atomic E-state index is 12.2. The molecule has 0 saturated carbocycles. The molecule has 1 aliphatic rings. The van der Waals surface area contributed by atoms with E-state index in [-0.39, 0.29) is 5.91 Å². The largest absolute Gasteiger partial charge is 0.460 e. The molecule has 9 heteroatoms. The summed E-state index contributed by atoms with van der Waals surface area (Å²) in [6.45, 7) is 6.37. The molecule has 2 N–H and O–H groups in total. The van der Waals surface area contributed by atoms with Crippen molar-refractivity contribution in [2.45, 2.75) is 13.3 Å². The number of fused-ring (bicyclic) bond motifs is 1. The Balaban J connectivity index is 1.26. The van der Waals surface area contributed by atoms with Crippen molar-refractivity contribution in [2.24, 2.45) is 0 Å². The summed E-state index contributed by atoms with van der Waals surface area (Å²) in [6, 6.07) is 15.3. The van der Waals surface area contributed by atoms with E-state index in [0.717, 1.165) is 50.3 Å². The third kappa shape index (κ3) is 5.48. The lowest BCUT2D eigenvalue weighted by Crippen LogP contribution is -2.37. The molecular formula is C27H29N5O4. The number of morpholine rings is 1. The van der Waals surface area contributed by atoms with E-state index in [9.17, 15) is 4.79 Å². The quantitative estimate of drug-likeness (QED) is 0.379. The molecule has 9 nitrogen and oxygen atoms in total. The molecule has 4 aromatic rings. The lowest BCUT2D eigenvalue weighted by molar-refractivity contribution is 0.0384. The molecule has 2 aromatic heterocycles. The van der Waals surface area contributed by atoms with Crippen LogP contribution >= 0.6 is 0 Å². The van der Waals surface area contributed by atoms with Crippen molar-refractivity contribution >= 4 is 28.5 Å². The van der Waals surface area contributed by atoms with Gasteiger partial charge < -0.3 is 24.5 Å². The molecular weight excluding hydrogens is 458 g/mol. The third-order valence-corrected chi connectivity index (χ3v) is 6.15. The first-order chi connectivity index (χ1) is 17.6. The molecule has 186 valence electrons. The zero-order valence-electron chi connectivity index (χ0n) is 20.4. The normalized spacial score (nSPS) is 14.1. The minimum absolute atomic E-state index is 0.184. The SMILES string of the molecule is CNC(=O)c1c(C)oc2cc(Oc3ccnc(Nc4cccc(CCN5CCOCC5)c4)n3)ccc12. The number of benzene rings is 2. The Kier molecular flexibility index (Phi) is 7.11. The van der Waals surface area contributed by atoms with Gasteiger partial charge in [0.25, 0.3) is 5.91 Å². The van der Waals surface area contributed by atoms with Crippen molar-refractivity contribution in [3.63, 3.8) is 0 Å². The van der Waals surface area contributed by atoms with Crippen LogP contribution in [0.15, 0.2) is 59.1 Å². The van der Waals surface area contributed by atoms with Crippen molar-refractivity contribution in [1.29, 1.82) is 0 Å². The Labute approximate surface area is 209 Å². The van der Waals surface area contributed by atoms with Crippen molar-refractivity contribution in [1.82, 2.24) is 20.2 Å². The number of nitrogens with one attached hydrogen (secondary N) is 2. The third-order valence-electron chi connectivity index (χ3n) is 6.15. The van der Waals surface area contributed by atoms with Crippen LogP contribution in [0, 0.1) is 6.92 Å². The molecule has 0 bridgehead atoms. The summed E-state index contributed by atoms with van der Waals surface area (Å²) in [7, 11) is 1.60. The van der Waals surface area contributed by atoms with Gasteiger partial charge in [0, 0.05) is 56.1 Å². The second kappa shape index (κ2) is 10.8. The second-order valence-corrected chi connectivity index (χ2v) is 8.62. The van der Waals surface area contributed by atoms with Crippen molar-refractivity contribution in [3.8, 4) is 11.6 Å². The number of amides is 1. The van der Waals surface area contributed by atoms with Crippen molar-refractivity contribution in [2.75, 3.05) is 45.2 Å². The highest BCUT2D eigenvalue weighted by molar-refractivity contribution is 6.07. The summed E-state index contributed by atoms with van der Waals surface area (Å²) in [5, 5.41) is 6.65. The van der Waals surface area contributed by atoms with Crippen LogP contribution in [0.1, 0.15) is 21.7 Å². The summed E-state index contributed by atoms with van der Waals surface area (Å²) < 4.78 is 17.2. The smallest absolute Gasteiger partial charge is 0.255 e. The molecule has 0 unspecified atom stereocenters. The topological polar surface area (TPSA) is 102 Å². The molecule has 1 aliphatic heterocycles. The fourth-order valence-electron chi connectivity index (χ4n) is 4.30. The van der Waals surface area contributed by atoms with Gasteiger partial charge >= 0.3 is 0 Å².